The summed E-state index contributed by atoms with van der Waals surface area (Å²) in [5.74, 6) is 0.483. The highest BCUT2D eigenvalue weighted by Gasteiger charge is 2.57. The van der Waals surface area contributed by atoms with Crippen LogP contribution in [0.5, 0.6) is 0 Å². The van der Waals surface area contributed by atoms with Crippen molar-refractivity contribution in [3.05, 3.63) is 222 Å². The summed E-state index contributed by atoms with van der Waals surface area (Å²) in [5.41, 5.74) is 16.5. The Hall–Kier alpha value is -6.18. The molecule has 7 aromatic carbocycles. The van der Waals surface area contributed by atoms with Gasteiger partial charge in [0.1, 0.15) is 0 Å². The highest BCUT2D eigenvalue weighted by atomic mass is 15.1. The Kier molecular flexibility index (Phi) is 6.60. The molecule has 3 aliphatic rings. The maximum Gasteiger partial charge on any atom is 0.0538 e. The Morgan fingerprint density at radius 2 is 0.840 bits per heavy atom. The molecule has 3 aliphatic carbocycles. The first kappa shape index (κ1) is 28.8. The number of allylic oxidation sites excluding steroid dienone is 4. The summed E-state index contributed by atoms with van der Waals surface area (Å²) in [6.45, 7) is 0. The molecule has 0 aromatic heterocycles. The fourth-order valence-electron chi connectivity index (χ4n) is 9.13. The minimum atomic E-state index is -0.273. The minimum absolute atomic E-state index is 0.222. The molecule has 50 heavy (non-hydrogen) atoms. The molecule has 0 amide bonds. The summed E-state index contributed by atoms with van der Waals surface area (Å²) in [6.07, 6.45) is 9.43. The molecule has 1 spiro atoms. The number of anilines is 3. The zero-order valence-electron chi connectivity index (χ0n) is 27.7. The summed E-state index contributed by atoms with van der Waals surface area (Å²) < 4.78 is 0. The third-order valence-corrected chi connectivity index (χ3v) is 11.2. The Labute approximate surface area is 294 Å². The van der Waals surface area contributed by atoms with E-state index in [1.165, 1.54) is 61.3 Å². The molecule has 1 heteroatoms. The number of rotatable bonds is 5. The lowest BCUT2D eigenvalue weighted by Crippen LogP contribution is -2.32. The van der Waals surface area contributed by atoms with Gasteiger partial charge in [-0.3, -0.25) is 0 Å². The van der Waals surface area contributed by atoms with Crippen LogP contribution >= 0.6 is 0 Å². The van der Waals surface area contributed by atoms with E-state index in [1.54, 1.807) is 0 Å². The number of fused-ring (bicyclic) bond motifs is 10. The lowest BCUT2D eigenvalue weighted by atomic mass is 9.65. The van der Waals surface area contributed by atoms with E-state index in [2.05, 4.69) is 205 Å². The highest BCUT2D eigenvalue weighted by Crippen LogP contribution is 2.66. The van der Waals surface area contributed by atoms with Crippen molar-refractivity contribution in [3.63, 3.8) is 0 Å². The number of hydrogen-bond donors (Lipinski definition) is 0. The van der Waals surface area contributed by atoms with Crippen molar-refractivity contribution >= 4 is 17.1 Å². The minimum Gasteiger partial charge on any atom is -0.310 e. The first-order valence-corrected chi connectivity index (χ1v) is 17.6. The smallest absolute Gasteiger partial charge is 0.0538 e. The van der Waals surface area contributed by atoms with Crippen molar-refractivity contribution in [2.45, 2.75) is 11.3 Å². The van der Waals surface area contributed by atoms with Crippen LogP contribution in [-0.2, 0) is 5.41 Å². The number of benzene rings is 7. The number of hydrogen-bond acceptors (Lipinski definition) is 1. The van der Waals surface area contributed by atoms with E-state index in [0.717, 1.165) is 11.4 Å². The Bertz CT molecular complexity index is 2290. The lowest BCUT2D eigenvalue weighted by Gasteiger charge is -2.36. The van der Waals surface area contributed by atoms with Gasteiger partial charge in [-0.05, 0) is 86.0 Å². The van der Waals surface area contributed by atoms with Crippen LogP contribution in [-0.4, -0.2) is 0 Å². The standard InChI is InChI=1S/C49H35N/c1-3-14-34(15-4-1)36-26-30-38(31-27-36)50(39-32-28-37(29-33-39)35-16-5-2-6-17-35)47-25-13-24-46-48(47)42-20-9-12-23-45(42)49(46)43-21-10-7-18-40(43)41-19-8-11-22-44(41)49/h1-33,42,45H. The van der Waals surface area contributed by atoms with Crippen LogP contribution in [0.4, 0.5) is 17.1 Å². The van der Waals surface area contributed by atoms with Gasteiger partial charge in [0.05, 0.1) is 11.1 Å². The molecule has 7 aromatic rings. The normalized spacial score (nSPS) is 17.2. The van der Waals surface area contributed by atoms with Gasteiger partial charge in [-0.2, -0.15) is 0 Å². The summed E-state index contributed by atoms with van der Waals surface area (Å²) in [4.78, 5) is 2.48. The maximum absolute atomic E-state index is 2.48. The summed E-state index contributed by atoms with van der Waals surface area (Å²) in [5, 5.41) is 0. The monoisotopic (exact) mass is 637 g/mol. The molecular weight excluding hydrogens is 603 g/mol. The zero-order valence-corrected chi connectivity index (χ0v) is 27.7. The van der Waals surface area contributed by atoms with Crippen LogP contribution in [0.15, 0.2) is 200 Å². The average molecular weight is 638 g/mol. The predicted molar refractivity (Wildman–Crippen MR) is 208 cm³/mol. The van der Waals surface area contributed by atoms with Crippen LogP contribution < -0.4 is 4.90 Å². The molecule has 0 fully saturated rings. The van der Waals surface area contributed by atoms with Crippen molar-refractivity contribution in [3.8, 4) is 33.4 Å². The summed E-state index contributed by atoms with van der Waals surface area (Å²) in [6, 6.07) is 64.7. The van der Waals surface area contributed by atoms with Gasteiger partial charge in [0, 0.05) is 23.2 Å². The second-order valence-electron chi connectivity index (χ2n) is 13.6. The molecule has 0 radical (unpaired) electrons. The highest BCUT2D eigenvalue weighted by molar-refractivity contribution is 5.89. The molecule has 0 saturated heterocycles. The average Bonchev–Trinajstić information content (AvgIpc) is 3.67. The van der Waals surface area contributed by atoms with Gasteiger partial charge >= 0.3 is 0 Å². The maximum atomic E-state index is 2.48. The van der Waals surface area contributed by atoms with Crippen molar-refractivity contribution < 1.29 is 0 Å². The molecule has 0 aliphatic heterocycles. The first-order chi connectivity index (χ1) is 24.8. The van der Waals surface area contributed by atoms with E-state index in [9.17, 15) is 0 Å². The molecule has 0 saturated carbocycles. The van der Waals surface area contributed by atoms with Crippen LogP contribution in [0.25, 0.3) is 33.4 Å². The van der Waals surface area contributed by atoms with Crippen molar-refractivity contribution in [2.24, 2.45) is 5.92 Å². The molecular formula is C49H35N. The van der Waals surface area contributed by atoms with Gasteiger partial charge in [0.25, 0.3) is 0 Å². The fraction of sp³-hybridized carbons (Fsp3) is 0.0612. The third-order valence-electron chi connectivity index (χ3n) is 11.2. The largest absolute Gasteiger partial charge is 0.310 e. The SMILES string of the molecule is C1=CC2c3c(N(c4ccc(-c5ccccc5)cc4)c4ccc(-c5ccccc5)cc4)cccc3C3(c4ccccc4-c4ccccc43)C2C=C1. The van der Waals surface area contributed by atoms with E-state index in [-0.39, 0.29) is 17.3 Å². The van der Waals surface area contributed by atoms with Gasteiger partial charge in [-0.15, -0.1) is 0 Å². The van der Waals surface area contributed by atoms with E-state index < -0.39 is 0 Å². The summed E-state index contributed by atoms with van der Waals surface area (Å²) >= 11 is 0. The van der Waals surface area contributed by atoms with Crippen LogP contribution in [0, 0.1) is 5.92 Å². The Morgan fingerprint density at radius 1 is 0.380 bits per heavy atom. The predicted octanol–water partition coefficient (Wildman–Crippen LogP) is 12.6. The van der Waals surface area contributed by atoms with Crippen molar-refractivity contribution in [1.82, 2.24) is 0 Å². The van der Waals surface area contributed by atoms with Gasteiger partial charge in [-0.1, -0.05) is 170 Å². The second-order valence-corrected chi connectivity index (χ2v) is 13.6. The Balaban J connectivity index is 1.20. The van der Waals surface area contributed by atoms with Gasteiger partial charge in [0.2, 0.25) is 0 Å². The van der Waals surface area contributed by atoms with Gasteiger partial charge in [0.15, 0.2) is 0 Å². The van der Waals surface area contributed by atoms with Crippen molar-refractivity contribution in [2.75, 3.05) is 4.90 Å². The lowest BCUT2D eigenvalue weighted by molar-refractivity contribution is 0.465. The molecule has 236 valence electrons. The third kappa shape index (κ3) is 4.20. The van der Waals surface area contributed by atoms with Gasteiger partial charge < -0.3 is 4.90 Å². The molecule has 0 heterocycles. The van der Waals surface area contributed by atoms with Crippen molar-refractivity contribution in [1.29, 1.82) is 0 Å². The Morgan fingerprint density at radius 3 is 1.40 bits per heavy atom. The molecule has 10 rings (SSSR count). The van der Waals surface area contributed by atoms with Gasteiger partial charge in [-0.25, -0.2) is 0 Å². The van der Waals surface area contributed by atoms with Crippen LogP contribution in [0.1, 0.15) is 28.2 Å². The molecule has 2 atom stereocenters. The molecule has 2 unspecified atom stereocenters. The second kappa shape index (κ2) is 11.5. The van der Waals surface area contributed by atoms with E-state index in [1.807, 2.05) is 0 Å². The molecule has 0 N–H and O–H groups in total. The first-order valence-electron chi connectivity index (χ1n) is 17.6. The topological polar surface area (TPSA) is 3.24 Å². The van der Waals surface area contributed by atoms with E-state index in [4.69, 9.17) is 0 Å². The fourth-order valence-corrected chi connectivity index (χ4v) is 9.13. The number of nitrogens with zero attached hydrogens (tertiary/aromatic N) is 1. The molecule has 1 nitrogen and oxygen atoms in total. The van der Waals surface area contributed by atoms with E-state index in [0.29, 0.717) is 0 Å². The quantitative estimate of drug-likeness (QED) is 0.182. The van der Waals surface area contributed by atoms with Crippen LogP contribution in [0.2, 0.25) is 0 Å². The molecule has 0 bridgehead atoms. The zero-order chi connectivity index (χ0) is 33.1. The van der Waals surface area contributed by atoms with E-state index >= 15 is 0 Å². The van der Waals surface area contributed by atoms with Crippen LogP contribution in [0.3, 0.4) is 0 Å². The summed E-state index contributed by atoms with van der Waals surface area (Å²) in [7, 11) is 0.